The number of hydrogen-bond donors (Lipinski definition) is 0. The maximum Gasteiger partial charge on any atom is 0.0932 e. The lowest BCUT2D eigenvalue weighted by Crippen LogP contribution is -1.93. The van der Waals surface area contributed by atoms with E-state index < -0.39 is 0 Å². The van der Waals surface area contributed by atoms with E-state index >= 15 is 0 Å². The predicted molar refractivity (Wildman–Crippen MR) is 82.4 cm³/mol. The van der Waals surface area contributed by atoms with E-state index in [0.717, 1.165) is 22.5 Å². The second-order valence-corrected chi connectivity index (χ2v) is 4.93. The first-order valence-electron chi connectivity index (χ1n) is 6.71. The van der Waals surface area contributed by atoms with Crippen LogP contribution in [0.25, 0.3) is 22.5 Å². The lowest BCUT2D eigenvalue weighted by atomic mass is 10.0. The summed E-state index contributed by atoms with van der Waals surface area (Å²) in [6.07, 6.45) is 0. The Bertz CT molecular complexity index is 666. The molecule has 98 valence electrons. The van der Waals surface area contributed by atoms with Crippen LogP contribution in [0.2, 0.25) is 0 Å². The van der Waals surface area contributed by atoms with Gasteiger partial charge in [-0.2, -0.15) is 0 Å². The molecule has 0 bridgehead atoms. The van der Waals surface area contributed by atoms with E-state index in [1.54, 1.807) is 0 Å². The Kier molecular flexibility index (Phi) is 3.30. The Labute approximate surface area is 119 Å². The summed E-state index contributed by atoms with van der Waals surface area (Å²) in [5.74, 6) is 0. The van der Waals surface area contributed by atoms with Crippen molar-refractivity contribution in [1.29, 1.82) is 0 Å². The molecule has 0 N–H and O–H groups in total. The highest BCUT2D eigenvalue weighted by molar-refractivity contribution is 5.67. The quantitative estimate of drug-likeness (QED) is 0.681. The van der Waals surface area contributed by atoms with Crippen molar-refractivity contribution in [2.45, 2.75) is 13.8 Å². The molecule has 2 nitrogen and oxygen atoms in total. The number of aryl methyl sites for hydroxylation is 2. The van der Waals surface area contributed by atoms with Crippen molar-refractivity contribution < 1.29 is 0 Å². The van der Waals surface area contributed by atoms with Gasteiger partial charge in [0.25, 0.3) is 0 Å². The molecule has 0 saturated carbocycles. The molecule has 0 radical (unpaired) electrons. The Morgan fingerprint density at radius 2 is 0.950 bits per heavy atom. The van der Waals surface area contributed by atoms with Crippen LogP contribution in [0.15, 0.2) is 60.7 Å². The molecule has 20 heavy (non-hydrogen) atoms. The summed E-state index contributed by atoms with van der Waals surface area (Å²) >= 11 is 0. The van der Waals surface area contributed by atoms with Crippen molar-refractivity contribution in [3.63, 3.8) is 0 Å². The Hall–Kier alpha value is -2.48. The average molecular weight is 260 g/mol. The second-order valence-electron chi connectivity index (χ2n) is 4.93. The molecular formula is C18H16N2. The molecule has 0 aliphatic rings. The zero-order chi connectivity index (χ0) is 13.9. The van der Waals surface area contributed by atoms with Gasteiger partial charge < -0.3 is 0 Å². The zero-order valence-electron chi connectivity index (χ0n) is 11.7. The van der Waals surface area contributed by atoms with Gasteiger partial charge in [0.15, 0.2) is 0 Å². The Balaban J connectivity index is 2.01. The van der Waals surface area contributed by atoms with Crippen LogP contribution in [0.3, 0.4) is 0 Å². The highest BCUT2D eigenvalue weighted by Gasteiger charge is 2.06. The minimum Gasteiger partial charge on any atom is -0.150 e. The van der Waals surface area contributed by atoms with Gasteiger partial charge in [-0.05, 0) is 37.1 Å². The Morgan fingerprint density at radius 3 is 1.30 bits per heavy atom. The van der Waals surface area contributed by atoms with Crippen LogP contribution in [0, 0.1) is 13.8 Å². The molecule has 0 atom stereocenters. The van der Waals surface area contributed by atoms with Crippen molar-refractivity contribution in [3.8, 4) is 22.5 Å². The molecular weight excluding hydrogens is 244 g/mol. The third-order valence-electron chi connectivity index (χ3n) is 3.51. The lowest BCUT2D eigenvalue weighted by Gasteiger charge is -2.07. The second kappa shape index (κ2) is 5.25. The van der Waals surface area contributed by atoms with Crippen LogP contribution in [-0.4, -0.2) is 10.2 Å². The fraction of sp³-hybridized carbons (Fsp3) is 0.111. The lowest BCUT2D eigenvalue weighted by molar-refractivity contribution is 1.04. The summed E-state index contributed by atoms with van der Waals surface area (Å²) in [6, 6.07) is 20.5. The zero-order valence-corrected chi connectivity index (χ0v) is 11.7. The fourth-order valence-corrected chi connectivity index (χ4v) is 2.34. The molecule has 3 rings (SSSR count). The maximum atomic E-state index is 4.38. The van der Waals surface area contributed by atoms with Crippen molar-refractivity contribution in [3.05, 3.63) is 71.8 Å². The highest BCUT2D eigenvalue weighted by Crippen LogP contribution is 2.24. The molecule has 1 heterocycles. The topological polar surface area (TPSA) is 25.8 Å². The molecule has 0 unspecified atom stereocenters. The van der Waals surface area contributed by atoms with E-state index in [1.807, 2.05) is 36.4 Å². The van der Waals surface area contributed by atoms with Crippen LogP contribution in [0.1, 0.15) is 11.1 Å². The smallest absolute Gasteiger partial charge is 0.0932 e. The van der Waals surface area contributed by atoms with Crippen molar-refractivity contribution >= 4 is 0 Å². The number of rotatable bonds is 2. The van der Waals surface area contributed by atoms with Crippen molar-refractivity contribution in [2.24, 2.45) is 0 Å². The molecule has 2 aromatic carbocycles. The van der Waals surface area contributed by atoms with Crippen LogP contribution in [-0.2, 0) is 0 Å². The summed E-state index contributed by atoms with van der Waals surface area (Å²) in [5, 5.41) is 8.75. The minimum atomic E-state index is 0.917. The largest absolute Gasteiger partial charge is 0.150 e. The number of aromatic nitrogens is 2. The average Bonchev–Trinajstić information content (AvgIpc) is 2.49. The molecule has 2 heteroatoms. The number of benzene rings is 2. The monoisotopic (exact) mass is 260 g/mol. The van der Waals surface area contributed by atoms with Crippen LogP contribution < -0.4 is 0 Å². The van der Waals surface area contributed by atoms with Gasteiger partial charge in [-0.1, -0.05) is 48.5 Å². The van der Waals surface area contributed by atoms with Gasteiger partial charge in [-0.15, -0.1) is 10.2 Å². The highest BCUT2D eigenvalue weighted by atomic mass is 15.1. The van der Waals surface area contributed by atoms with Crippen LogP contribution >= 0.6 is 0 Å². The first-order valence-corrected chi connectivity index (χ1v) is 6.71. The molecule has 3 aromatic rings. The summed E-state index contributed by atoms with van der Waals surface area (Å²) in [6.45, 7) is 4.18. The summed E-state index contributed by atoms with van der Waals surface area (Å²) < 4.78 is 0. The standard InChI is InChI=1S/C18H16N2/c1-13-7-3-5-9-15(13)17-11-12-18(20-19-17)16-10-6-4-8-14(16)2/h3-12H,1-2H3. The van der Waals surface area contributed by atoms with Crippen LogP contribution in [0.4, 0.5) is 0 Å². The molecule has 0 amide bonds. The summed E-state index contributed by atoms with van der Waals surface area (Å²) in [5.41, 5.74) is 6.53. The van der Waals surface area contributed by atoms with Gasteiger partial charge in [0.05, 0.1) is 11.4 Å². The van der Waals surface area contributed by atoms with Crippen molar-refractivity contribution in [1.82, 2.24) is 10.2 Å². The molecule has 0 saturated heterocycles. The van der Waals surface area contributed by atoms with Crippen molar-refractivity contribution in [2.75, 3.05) is 0 Å². The summed E-state index contributed by atoms with van der Waals surface area (Å²) in [4.78, 5) is 0. The first-order chi connectivity index (χ1) is 9.75. The molecule has 0 fully saturated rings. The maximum absolute atomic E-state index is 4.38. The van der Waals surface area contributed by atoms with Gasteiger partial charge in [-0.3, -0.25) is 0 Å². The van der Waals surface area contributed by atoms with Gasteiger partial charge in [0, 0.05) is 11.1 Å². The SMILES string of the molecule is Cc1ccccc1-c1ccc(-c2ccccc2C)nn1. The third kappa shape index (κ3) is 2.32. The minimum absolute atomic E-state index is 0.917. The van der Waals surface area contributed by atoms with Gasteiger partial charge in [-0.25, -0.2) is 0 Å². The first kappa shape index (κ1) is 12.5. The van der Waals surface area contributed by atoms with E-state index in [-0.39, 0.29) is 0 Å². The van der Waals surface area contributed by atoms with E-state index in [4.69, 9.17) is 0 Å². The van der Waals surface area contributed by atoms with E-state index in [0.29, 0.717) is 0 Å². The van der Waals surface area contributed by atoms with Gasteiger partial charge in [0.1, 0.15) is 0 Å². The normalized spacial score (nSPS) is 10.5. The van der Waals surface area contributed by atoms with E-state index in [2.05, 4.69) is 48.3 Å². The molecule has 0 aliphatic carbocycles. The predicted octanol–water partition coefficient (Wildman–Crippen LogP) is 4.43. The van der Waals surface area contributed by atoms with Gasteiger partial charge in [0.2, 0.25) is 0 Å². The number of nitrogens with zero attached hydrogens (tertiary/aromatic N) is 2. The summed E-state index contributed by atoms with van der Waals surface area (Å²) in [7, 11) is 0. The third-order valence-corrected chi connectivity index (χ3v) is 3.51. The molecule has 0 aliphatic heterocycles. The molecule has 1 aromatic heterocycles. The van der Waals surface area contributed by atoms with E-state index in [1.165, 1.54) is 11.1 Å². The Morgan fingerprint density at radius 1 is 0.550 bits per heavy atom. The molecule has 0 spiro atoms. The van der Waals surface area contributed by atoms with Gasteiger partial charge >= 0.3 is 0 Å². The van der Waals surface area contributed by atoms with E-state index in [9.17, 15) is 0 Å². The fourth-order valence-electron chi connectivity index (χ4n) is 2.34. The number of hydrogen-bond acceptors (Lipinski definition) is 2. The van der Waals surface area contributed by atoms with Crippen LogP contribution in [0.5, 0.6) is 0 Å².